The number of pyridine rings is 1. The molecule has 5 rings (SSSR count). The van der Waals surface area contributed by atoms with E-state index in [0.717, 1.165) is 18.4 Å². The molecule has 0 spiro atoms. The number of amides is 1. The first-order valence-corrected chi connectivity index (χ1v) is 11.6. The first-order chi connectivity index (χ1) is 15.0. The van der Waals surface area contributed by atoms with E-state index in [-0.39, 0.29) is 16.7 Å². The summed E-state index contributed by atoms with van der Waals surface area (Å²) in [7, 11) is -3.48. The van der Waals surface area contributed by atoms with Crippen molar-refractivity contribution in [3.63, 3.8) is 0 Å². The van der Waals surface area contributed by atoms with Crippen molar-refractivity contribution in [2.24, 2.45) is 0 Å². The van der Waals surface area contributed by atoms with E-state index in [1.807, 2.05) is 0 Å². The summed E-state index contributed by atoms with van der Waals surface area (Å²) in [5, 5.41) is 4.00. The van der Waals surface area contributed by atoms with Gasteiger partial charge in [-0.15, -0.1) is 0 Å². The van der Waals surface area contributed by atoms with Crippen LogP contribution in [0.1, 0.15) is 35.0 Å². The smallest absolute Gasteiger partial charge is 0.253 e. The molecule has 2 fully saturated rings. The molecule has 9 nitrogen and oxygen atoms in total. The zero-order chi connectivity index (χ0) is 21.4. The molecule has 2 aliphatic heterocycles. The van der Waals surface area contributed by atoms with Gasteiger partial charge in [0.1, 0.15) is 0 Å². The molecule has 2 aliphatic rings. The summed E-state index contributed by atoms with van der Waals surface area (Å²) in [6.45, 7) is 2.06. The van der Waals surface area contributed by atoms with Crippen molar-refractivity contribution in [1.82, 2.24) is 24.3 Å². The summed E-state index contributed by atoms with van der Waals surface area (Å²) < 4.78 is 32.1. The molecule has 0 atom stereocenters. The molecule has 1 aromatic carbocycles. The zero-order valence-corrected chi connectivity index (χ0v) is 17.5. The van der Waals surface area contributed by atoms with Crippen LogP contribution >= 0.6 is 0 Å². The lowest BCUT2D eigenvalue weighted by Gasteiger charge is -2.37. The van der Waals surface area contributed by atoms with Gasteiger partial charge in [-0.25, -0.2) is 8.42 Å². The highest BCUT2D eigenvalue weighted by Gasteiger charge is 2.36. The Balaban J connectivity index is 1.22. The number of benzene rings is 1. The lowest BCUT2D eigenvalue weighted by atomic mass is 9.99. The van der Waals surface area contributed by atoms with Crippen LogP contribution in [0.5, 0.6) is 0 Å². The van der Waals surface area contributed by atoms with Crippen LogP contribution in [0.25, 0.3) is 11.4 Å². The molecule has 1 amide bonds. The second-order valence-corrected chi connectivity index (χ2v) is 9.67. The Morgan fingerprint density at radius 1 is 1.00 bits per heavy atom. The summed E-state index contributed by atoms with van der Waals surface area (Å²) >= 11 is 0. The Labute approximate surface area is 179 Å². The predicted molar refractivity (Wildman–Crippen MR) is 111 cm³/mol. The molecular weight excluding hydrogens is 418 g/mol. The Morgan fingerprint density at radius 2 is 1.68 bits per heavy atom. The fourth-order valence-electron chi connectivity index (χ4n) is 3.85. The van der Waals surface area contributed by atoms with Gasteiger partial charge in [0.2, 0.25) is 21.7 Å². The number of likely N-dealkylation sites (tertiary alicyclic amines) is 1. The van der Waals surface area contributed by atoms with Crippen LogP contribution < -0.4 is 0 Å². The minimum Gasteiger partial charge on any atom is -0.339 e. The highest BCUT2D eigenvalue weighted by Crippen LogP contribution is 2.29. The van der Waals surface area contributed by atoms with E-state index in [1.165, 1.54) is 16.4 Å². The maximum Gasteiger partial charge on any atom is 0.253 e. The van der Waals surface area contributed by atoms with Crippen LogP contribution in [0, 0.1) is 0 Å². The zero-order valence-electron chi connectivity index (χ0n) is 16.7. The minimum absolute atomic E-state index is 0.0122. The molecule has 3 aromatic rings. The summed E-state index contributed by atoms with van der Waals surface area (Å²) in [4.78, 5) is 23.1. The van der Waals surface area contributed by atoms with Crippen LogP contribution in [0.3, 0.4) is 0 Å². The quantitative estimate of drug-likeness (QED) is 0.599. The van der Waals surface area contributed by atoms with Crippen molar-refractivity contribution in [3.8, 4) is 11.4 Å². The maximum absolute atomic E-state index is 12.7. The van der Waals surface area contributed by atoms with Gasteiger partial charge in [-0.1, -0.05) is 5.16 Å². The first kappa shape index (κ1) is 19.8. The van der Waals surface area contributed by atoms with Gasteiger partial charge in [0, 0.05) is 49.7 Å². The number of aromatic nitrogens is 3. The highest BCUT2D eigenvalue weighted by molar-refractivity contribution is 7.89. The van der Waals surface area contributed by atoms with Crippen molar-refractivity contribution in [2.75, 3.05) is 26.2 Å². The molecular formula is C21H21N5O4S. The van der Waals surface area contributed by atoms with E-state index in [0.29, 0.717) is 43.5 Å². The molecule has 0 radical (unpaired) electrons. The van der Waals surface area contributed by atoms with Gasteiger partial charge >= 0.3 is 0 Å². The molecule has 0 bridgehead atoms. The second-order valence-electron chi connectivity index (χ2n) is 7.73. The Morgan fingerprint density at radius 3 is 2.35 bits per heavy atom. The van der Waals surface area contributed by atoms with Crippen LogP contribution in [-0.4, -0.2) is 64.8 Å². The van der Waals surface area contributed by atoms with Gasteiger partial charge in [-0.05, 0) is 49.2 Å². The summed E-state index contributed by atoms with van der Waals surface area (Å²) in [5.41, 5.74) is 1.28. The summed E-state index contributed by atoms with van der Waals surface area (Å²) in [5.74, 6) is 0.844. The topological polar surface area (TPSA) is 110 Å². The number of hydrogen-bond acceptors (Lipinski definition) is 7. The fourth-order valence-corrected chi connectivity index (χ4v) is 5.37. The van der Waals surface area contributed by atoms with Crippen molar-refractivity contribution < 1.29 is 17.7 Å². The van der Waals surface area contributed by atoms with Gasteiger partial charge in [-0.3, -0.25) is 9.78 Å². The van der Waals surface area contributed by atoms with Gasteiger partial charge in [0.05, 0.1) is 10.8 Å². The number of rotatable bonds is 5. The summed E-state index contributed by atoms with van der Waals surface area (Å²) in [6.07, 6.45) is 5.10. The first-order valence-electron chi connectivity index (χ1n) is 10.2. The third-order valence-corrected chi connectivity index (χ3v) is 7.62. The standard InChI is InChI=1S/C21H21N5O4S/c27-21(16-3-5-18(6-4-16)31(28,29)26-11-1-2-12-26)25-13-17(14-25)20-23-19(24-30-20)15-7-9-22-10-8-15/h3-10,17H,1-2,11-14H2. The van der Waals surface area contributed by atoms with E-state index in [2.05, 4.69) is 15.1 Å². The molecule has 2 aromatic heterocycles. The second kappa shape index (κ2) is 7.86. The van der Waals surface area contributed by atoms with Gasteiger partial charge < -0.3 is 9.42 Å². The fraction of sp³-hybridized carbons (Fsp3) is 0.333. The van der Waals surface area contributed by atoms with E-state index < -0.39 is 10.0 Å². The lowest BCUT2D eigenvalue weighted by Crippen LogP contribution is -2.48. The van der Waals surface area contributed by atoms with Crippen molar-refractivity contribution in [3.05, 3.63) is 60.2 Å². The van der Waals surface area contributed by atoms with E-state index in [1.54, 1.807) is 41.6 Å². The molecule has 31 heavy (non-hydrogen) atoms. The van der Waals surface area contributed by atoms with Crippen LogP contribution in [0.15, 0.2) is 58.2 Å². The van der Waals surface area contributed by atoms with E-state index >= 15 is 0 Å². The van der Waals surface area contributed by atoms with Crippen LogP contribution in [0.2, 0.25) is 0 Å². The molecule has 4 heterocycles. The van der Waals surface area contributed by atoms with Crippen molar-refractivity contribution in [2.45, 2.75) is 23.7 Å². The van der Waals surface area contributed by atoms with Crippen molar-refractivity contribution >= 4 is 15.9 Å². The molecule has 2 saturated heterocycles. The maximum atomic E-state index is 12.7. The van der Waals surface area contributed by atoms with Gasteiger partial charge in [-0.2, -0.15) is 9.29 Å². The third-order valence-electron chi connectivity index (χ3n) is 5.70. The number of carbonyl (C=O) groups excluding carboxylic acids is 1. The molecule has 10 heteroatoms. The number of nitrogens with zero attached hydrogens (tertiary/aromatic N) is 5. The van der Waals surface area contributed by atoms with Gasteiger partial charge in [0.25, 0.3) is 5.91 Å². The molecule has 0 N–H and O–H groups in total. The third kappa shape index (κ3) is 3.72. The monoisotopic (exact) mass is 439 g/mol. The van der Waals surface area contributed by atoms with Crippen LogP contribution in [0.4, 0.5) is 0 Å². The number of sulfonamides is 1. The number of hydrogen-bond donors (Lipinski definition) is 0. The van der Waals surface area contributed by atoms with Crippen molar-refractivity contribution in [1.29, 1.82) is 0 Å². The Kier molecular flexibility index (Phi) is 5.03. The molecule has 0 aliphatic carbocycles. The van der Waals surface area contributed by atoms with E-state index in [4.69, 9.17) is 4.52 Å². The average Bonchev–Trinajstić information content (AvgIpc) is 3.46. The van der Waals surface area contributed by atoms with E-state index in [9.17, 15) is 13.2 Å². The largest absolute Gasteiger partial charge is 0.339 e. The lowest BCUT2D eigenvalue weighted by molar-refractivity contribution is 0.0569. The molecule has 0 unspecified atom stereocenters. The average molecular weight is 439 g/mol. The normalized spacial score (nSPS) is 17.6. The van der Waals surface area contributed by atoms with Crippen LogP contribution in [-0.2, 0) is 10.0 Å². The highest BCUT2D eigenvalue weighted by atomic mass is 32.2. The van der Waals surface area contributed by atoms with Gasteiger partial charge in [0.15, 0.2) is 0 Å². The Bertz CT molecular complexity index is 1180. The Hall–Kier alpha value is -3.11. The summed E-state index contributed by atoms with van der Waals surface area (Å²) in [6, 6.07) is 9.78. The molecule has 0 saturated carbocycles. The molecule has 160 valence electrons. The number of carbonyl (C=O) groups is 1. The minimum atomic E-state index is -3.48. The predicted octanol–water partition coefficient (Wildman–Crippen LogP) is 2.16. The SMILES string of the molecule is O=C(c1ccc(S(=O)(=O)N2CCCC2)cc1)N1CC(c2nc(-c3ccncc3)no2)C1.